The molecule has 0 radical (unpaired) electrons. The largest absolute Gasteiger partial charge is 0.481 e. The van der Waals surface area contributed by atoms with E-state index in [-0.39, 0.29) is 17.9 Å². The van der Waals surface area contributed by atoms with E-state index in [9.17, 15) is 9.59 Å². The van der Waals surface area contributed by atoms with Gasteiger partial charge in [-0.05, 0) is 19.8 Å². The Balaban J connectivity index is 2.07. The van der Waals surface area contributed by atoms with Gasteiger partial charge in [-0.25, -0.2) is 4.98 Å². The van der Waals surface area contributed by atoms with Gasteiger partial charge < -0.3 is 10.4 Å². The van der Waals surface area contributed by atoms with Crippen molar-refractivity contribution in [3.8, 4) is 0 Å². The number of nitrogens with one attached hydrogen (secondary N) is 1. The minimum atomic E-state index is -0.825. The van der Waals surface area contributed by atoms with Crippen LogP contribution < -0.4 is 5.32 Å². The highest BCUT2D eigenvalue weighted by Crippen LogP contribution is 2.45. The van der Waals surface area contributed by atoms with Crippen molar-refractivity contribution < 1.29 is 14.7 Å². The Labute approximate surface area is 122 Å². The second-order valence-electron chi connectivity index (χ2n) is 6.45. The van der Waals surface area contributed by atoms with Crippen molar-refractivity contribution in [3.63, 3.8) is 0 Å². The molecule has 0 spiro atoms. The predicted octanol–water partition coefficient (Wildman–Crippen LogP) is 2.34. The number of rotatable bonds is 4. The van der Waals surface area contributed by atoms with Crippen molar-refractivity contribution in [1.82, 2.24) is 10.3 Å². The molecule has 1 fully saturated rings. The molecule has 1 aromatic rings. The van der Waals surface area contributed by atoms with Gasteiger partial charge in [0.1, 0.15) is 4.88 Å². The van der Waals surface area contributed by atoms with Gasteiger partial charge >= 0.3 is 5.97 Å². The van der Waals surface area contributed by atoms with Crippen LogP contribution in [0.25, 0.3) is 0 Å². The first-order chi connectivity index (χ1) is 9.16. The highest BCUT2D eigenvalue weighted by molar-refractivity contribution is 7.14. The first kappa shape index (κ1) is 15.0. The summed E-state index contributed by atoms with van der Waals surface area (Å²) in [5.74, 6) is -1.04. The zero-order valence-electron chi connectivity index (χ0n) is 12.2. The lowest BCUT2D eigenvalue weighted by molar-refractivity contribution is -0.143. The van der Waals surface area contributed by atoms with E-state index in [1.54, 1.807) is 0 Å². The molecular weight excluding hydrogens is 276 g/mol. The number of carboxylic acids is 1. The second kappa shape index (κ2) is 4.84. The van der Waals surface area contributed by atoms with Gasteiger partial charge in [-0.1, -0.05) is 20.8 Å². The molecule has 0 aliphatic heterocycles. The second-order valence-corrected chi connectivity index (χ2v) is 7.45. The van der Waals surface area contributed by atoms with Crippen molar-refractivity contribution in [3.05, 3.63) is 15.6 Å². The first-order valence-electron chi connectivity index (χ1n) is 6.65. The van der Waals surface area contributed by atoms with E-state index in [0.717, 1.165) is 5.01 Å². The van der Waals surface area contributed by atoms with Crippen LogP contribution in [0.4, 0.5) is 0 Å². The fourth-order valence-corrected chi connectivity index (χ4v) is 2.92. The molecule has 5 nitrogen and oxygen atoms in total. The summed E-state index contributed by atoms with van der Waals surface area (Å²) < 4.78 is 0. The molecule has 20 heavy (non-hydrogen) atoms. The van der Waals surface area contributed by atoms with Crippen LogP contribution in [0, 0.1) is 12.3 Å². The summed E-state index contributed by atoms with van der Waals surface area (Å²) in [5, 5.41) is 12.7. The van der Waals surface area contributed by atoms with Crippen LogP contribution in [-0.4, -0.2) is 28.5 Å². The number of carboxylic acid groups (broad SMARTS) is 1. The number of carbonyl (C=O) groups is 2. The molecule has 0 saturated heterocycles. The van der Waals surface area contributed by atoms with E-state index >= 15 is 0 Å². The summed E-state index contributed by atoms with van der Waals surface area (Å²) in [7, 11) is 0. The summed E-state index contributed by atoms with van der Waals surface area (Å²) in [5.41, 5.74) is -0.119. The summed E-state index contributed by atoms with van der Waals surface area (Å²) in [6.07, 6.45) is 1.27. The molecule has 1 heterocycles. The Bertz CT molecular complexity index is 553. The monoisotopic (exact) mass is 296 g/mol. The molecule has 2 N–H and O–H groups in total. The van der Waals surface area contributed by atoms with E-state index in [2.05, 4.69) is 31.1 Å². The molecule has 1 saturated carbocycles. The van der Waals surface area contributed by atoms with Crippen LogP contribution in [0.1, 0.15) is 54.0 Å². The lowest BCUT2D eigenvalue weighted by Gasteiger charge is -2.13. The fraction of sp³-hybridized carbons (Fsp3) is 0.643. The highest BCUT2D eigenvalue weighted by atomic mass is 32.1. The Morgan fingerprint density at radius 2 is 2.00 bits per heavy atom. The lowest BCUT2D eigenvalue weighted by atomic mass is 9.98. The third kappa shape index (κ3) is 2.85. The third-order valence-corrected chi connectivity index (χ3v) is 5.12. The third-order valence-electron chi connectivity index (χ3n) is 3.54. The van der Waals surface area contributed by atoms with E-state index in [4.69, 9.17) is 5.11 Å². The number of aromatic nitrogens is 1. The van der Waals surface area contributed by atoms with E-state index < -0.39 is 11.4 Å². The smallest absolute Gasteiger partial charge is 0.311 e. The van der Waals surface area contributed by atoms with E-state index in [0.29, 0.717) is 23.4 Å². The van der Waals surface area contributed by atoms with Gasteiger partial charge in [0.15, 0.2) is 0 Å². The molecule has 110 valence electrons. The minimum absolute atomic E-state index is 0.0905. The molecule has 0 atom stereocenters. The summed E-state index contributed by atoms with van der Waals surface area (Å²) in [4.78, 5) is 28.3. The maximum atomic E-state index is 12.2. The number of aliphatic carboxylic acids is 1. The van der Waals surface area contributed by atoms with Gasteiger partial charge in [-0.15, -0.1) is 11.3 Å². The van der Waals surface area contributed by atoms with Crippen molar-refractivity contribution in [2.24, 2.45) is 5.41 Å². The van der Waals surface area contributed by atoms with Crippen molar-refractivity contribution in [2.45, 2.75) is 46.0 Å². The molecule has 2 rings (SSSR count). The van der Waals surface area contributed by atoms with Crippen LogP contribution in [0.2, 0.25) is 0 Å². The van der Waals surface area contributed by atoms with Crippen molar-refractivity contribution >= 4 is 23.2 Å². The number of aryl methyl sites for hydroxylation is 1. The average Bonchev–Trinajstić information content (AvgIpc) is 3.02. The van der Waals surface area contributed by atoms with Crippen molar-refractivity contribution in [2.75, 3.05) is 6.54 Å². The number of amides is 1. The maximum Gasteiger partial charge on any atom is 0.311 e. The van der Waals surface area contributed by atoms with Gasteiger partial charge in [0.25, 0.3) is 5.91 Å². The van der Waals surface area contributed by atoms with Crippen LogP contribution in [-0.2, 0) is 10.2 Å². The molecule has 6 heteroatoms. The lowest BCUT2D eigenvalue weighted by Crippen LogP contribution is -2.34. The molecule has 0 unspecified atom stereocenters. The number of carbonyl (C=O) groups excluding carboxylic acids is 1. The Hall–Kier alpha value is -1.43. The summed E-state index contributed by atoms with van der Waals surface area (Å²) in [6.45, 7) is 8.16. The van der Waals surface area contributed by atoms with Crippen LogP contribution in [0.15, 0.2) is 0 Å². The highest BCUT2D eigenvalue weighted by Gasteiger charge is 2.50. The molecule has 1 aromatic heterocycles. The summed E-state index contributed by atoms with van der Waals surface area (Å²) in [6, 6.07) is 0. The normalized spacial score (nSPS) is 16.8. The minimum Gasteiger partial charge on any atom is -0.481 e. The SMILES string of the molecule is Cc1nc(C(C)(C)C)sc1C(=O)NCC1(C(=O)O)CC1. The molecule has 0 aromatic carbocycles. The molecule has 0 bridgehead atoms. The Morgan fingerprint density at radius 3 is 2.40 bits per heavy atom. The zero-order chi connectivity index (χ0) is 15.1. The van der Waals surface area contributed by atoms with Crippen LogP contribution in [0.5, 0.6) is 0 Å². The molecular formula is C14H20N2O3S. The molecule has 1 amide bonds. The topological polar surface area (TPSA) is 79.3 Å². The first-order valence-corrected chi connectivity index (χ1v) is 7.47. The van der Waals surface area contributed by atoms with E-state index in [1.165, 1.54) is 11.3 Å². The van der Waals surface area contributed by atoms with Gasteiger partial charge in [0, 0.05) is 12.0 Å². The molecule has 1 aliphatic carbocycles. The van der Waals surface area contributed by atoms with Gasteiger partial charge in [-0.2, -0.15) is 0 Å². The van der Waals surface area contributed by atoms with Gasteiger partial charge in [-0.3, -0.25) is 9.59 Å². The van der Waals surface area contributed by atoms with Gasteiger partial charge in [0.2, 0.25) is 0 Å². The van der Waals surface area contributed by atoms with Crippen LogP contribution in [0.3, 0.4) is 0 Å². The molecule has 1 aliphatic rings. The zero-order valence-corrected chi connectivity index (χ0v) is 13.1. The maximum absolute atomic E-state index is 12.2. The standard InChI is InChI=1S/C14H20N2O3S/c1-8-9(20-11(16-8)13(2,3)4)10(17)15-7-14(5-6-14)12(18)19/h5-7H2,1-4H3,(H,15,17)(H,18,19). The quantitative estimate of drug-likeness (QED) is 0.894. The van der Waals surface area contributed by atoms with Crippen LogP contribution >= 0.6 is 11.3 Å². The number of hydrogen-bond acceptors (Lipinski definition) is 4. The number of nitrogens with zero attached hydrogens (tertiary/aromatic N) is 1. The fourth-order valence-electron chi connectivity index (χ4n) is 1.87. The average molecular weight is 296 g/mol. The van der Waals surface area contributed by atoms with Crippen molar-refractivity contribution in [1.29, 1.82) is 0 Å². The predicted molar refractivity (Wildman–Crippen MR) is 77.2 cm³/mol. The van der Waals surface area contributed by atoms with Gasteiger partial charge in [0.05, 0.1) is 16.1 Å². The van der Waals surface area contributed by atoms with E-state index in [1.807, 2.05) is 6.92 Å². The number of hydrogen-bond donors (Lipinski definition) is 2. The summed E-state index contributed by atoms with van der Waals surface area (Å²) >= 11 is 1.38. The Kier molecular flexibility index (Phi) is 3.62. The Morgan fingerprint density at radius 1 is 1.40 bits per heavy atom. The number of thiazole rings is 1.